The van der Waals surface area contributed by atoms with Gasteiger partial charge in [0.15, 0.2) is 5.82 Å². The van der Waals surface area contributed by atoms with Crippen LogP contribution in [0.2, 0.25) is 0 Å². The summed E-state index contributed by atoms with van der Waals surface area (Å²) in [5.74, 6) is 0.580. The third-order valence-corrected chi connectivity index (χ3v) is 5.25. The van der Waals surface area contributed by atoms with Gasteiger partial charge < -0.3 is 14.8 Å². The predicted octanol–water partition coefficient (Wildman–Crippen LogP) is 3.84. The number of aromatic nitrogens is 4. The van der Waals surface area contributed by atoms with E-state index >= 15 is 0 Å². The molecule has 0 spiro atoms. The molecule has 0 aliphatic carbocycles. The summed E-state index contributed by atoms with van der Waals surface area (Å²) in [5.41, 5.74) is 3.39. The first kappa shape index (κ1) is 18.6. The second-order valence-corrected chi connectivity index (χ2v) is 7.21. The summed E-state index contributed by atoms with van der Waals surface area (Å²) in [5, 5.41) is 3.33. The van der Waals surface area contributed by atoms with Crippen molar-refractivity contribution >= 4 is 5.69 Å². The molecule has 1 aromatic carbocycles. The number of halogens is 1. The van der Waals surface area contributed by atoms with Crippen molar-refractivity contribution in [2.45, 2.75) is 25.8 Å². The average molecular weight is 380 g/mol. The fourth-order valence-corrected chi connectivity index (χ4v) is 3.71. The van der Waals surface area contributed by atoms with Crippen LogP contribution >= 0.6 is 0 Å². The zero-order valence-electron chi connectivity index (χ0n) is 16.3. The number of hydrogen-bond donors (Lipinski definition) is 1. The summed E-state index contributed by atoms with van der Waals surface area (Å²) in [6.07, 6.45) is 7.55. The molecule has 3 aromatic rings. The van der Waals surface area contributed by atoms with Crippen LogP contribution in [0.15, 0.2) is 43.0 Å². The molecule has 28 heavy (non-hydrogen) atoms. The molecule has 2 aromatic heterocycles. The van der Waals surface area contributed by atoms with Crippen LogP contribution in [0.3, 0.4) is 0 Å². The summed E-state index contributed by atoms with van der Waals surface area (Å²) in [4.78, 5) is 16.0. The van der Waals surface area contributed by atoms with Crippen molar-refractivity contribution in [1.82, 2.24) is 24.4 Å². The maximum absolute atomic E-state index is 13.4. The number of piperidine rings is 1. The summed E-state index contributed by atoms with van der Waals surface area (Å²) < 4.78 is 15.6. The molecule has 0 amide bonds. The van der Waals surface area contributed by atoms with Crippen LogP contribution in [0.25, 0.3) is 22.8 Å². The van der Waals surface area contributed by atoms with Crippen LogP contribution in [0.4, 0.5) is 10.1 Å². The first-order valence-corrected chi connectivity index (χ1v) is 9.73. The van der Waals surface area contributed by atoms with Gasteiger partial charge in [0.2, 0.25) is 0 Å². The van der Waals surface area contributed by atoms with Crippen LogP contribution < -0.4 is 5.32 Å². The van der Waals surface area contributed by atoms with Gasteiger partial charge in [-0.1, -0.05) is 0 Å². The monoisotopic (exact) mass is 380 g/mol. The molecule has 6 nitrogen and oxygen atoms in total. The minimum Gasteiger partial charge on any atom is -0.382 e. The van der Waals surface area contributed by atoms with E-state index in [4.69, 9.17) is 4.98 Å². The predicted molar refractivity (Wildman–Crippen MR) is 109 cm³/mol. The Morgan fingerprint density at radius 3 is 2.64 bits per heavy atom. The standard InChI is InChI=1S/C21H25FN6/c1-3-24-18-12-23-14-25-20(18)21-26-19(15-4-6-16(22)7-5-15)13-28(21)17-8-10-27(2)11-9-17/h4-7,12-14,17,24H,3,8-11H2,1-2H3. The van der Waals surface area contributed by atoms with E-state index < -0.39 is 0 Å². The highest BCUT2D eigenvalue weighted by Crippen LogP contribution is 2.33. The van der Waals surface area contributed by atoms with Crippen molar-refractivity contribution in [3.63, 3.8) is 0 Å². The van der Waals surface area contributed by atoms with Gasteiger partial charge in [0.25, 0.3) is 0 Å². The Bertz CT molecular complexity index is 928. The highest BCUT2D eigenvalue weighted by atomic mass is 19.1. The minimum absolute atomic E-state index is 0.246. The fourth-order valence-electron chi connectivity index (χ4n) is 3.71. The van der Waals surface area contributed by atoms with E-state index in [0.29, 0.717) is 6.04 Å². The van der Waals surface area contributed by atoms with Gasteiger partial charge in [-0.05, 0) is 64.2 Å². The first-order valence-electron chi connectivity index (χ1n) is 9.73. The van der Waals surface area contributed by atoms with Gasteiger partial charge in [-0.3, -0.25) is 0 Å². The maximum atomic E-state index is 13.4. The van der Waals surface area contributed by atoms with Crippen LogP contribution in [-0.4, -0.2) is 51.1 Å². The van der Waals surface area contributed by atoms with Crippen molar-refractivity contribution in [2.75, 3.05) is 32.0 Å². The van der Waals surface area contributed by atoms with Crippen molar-refractivity contribution in [1.29, 1.82) is 0 Å². The van der Waals surface area contributed by atoms with Gasteiger partial charge in [-0.15, -0.1) is 0 Å². The zero-order valence-corrected chi connectivity index (χ0v) is 16.3. The number of anilines is 1. The second-order valence-electron chi connectivity index (χ2n) is 7.21. The molecule has 0 atom stereocenters. The van der Waals surface area contributed by atoms with Gasteiger partial charge in [-0.2, -0.15) is 0 Å². The molecule has 1 N–H and O–H groups in total. The Balaban J connectivity index is 1.80. The summed E-state index contributed by atoms with van der Waals surface area (Å²) in [6.45, 7) is 4.93. The Morgan fingerprint density at radius 1 is 1.18 bits per heavy atom. The SMILES string of the molecule is CCNc1cncnc1-c1nc(-c2ccc(F)cc2)cn1C1CCN(C)CC1. The highest BCUT2D eigenvalue weighted by Gasteiger charge is 2.24. The summed E-state index contributed by atoms with van der Waals surface area (Å²) in [6, 6.07) is 6.84. The third-order valence-electron chi connectivity index (χ3n) is 5.25. The topological polar surface area (TPSA) is 58.9 Å². The van der Waals surface area contributed by atoms with E-state index in [1.54, 1.807) is 24.7 Å². The van der Waals surface area contributed by atoms with Crippen LogP contribution in [0.1, 0.15) is 25.8 Å². The lowest BCUT2D eigenvalue weighted by Crippen LogP contribution is -2.31. The van der Waals surface area contributed by atoms with E-state index in [2.05, 4.69) is 38.0 Å². The normalized spacial score (nSPS) is 15.7. The van der Waals surface area contributed by atoms with E-state index in [1.807, 2.05) is 6.92 Å². The number of nitrogens with zero attached hydrogens (tertiary/aromatic N) is 5. The number of nitrogens with one attached hydrogen (secondary N) is 1. The lowest BCUT2D eigenvalue weighted by atomic mass is 10.0. The molecule has 0 bridgehead atoms. The molecule has 4 rings (SSSR count). The molecular weight excluding hydrogens is 355 g/mol. The lowest BCUT2D eigenvalue weighted by Gasteiger charge is -2.30. The number of imidazole rings is 1. The van der Waals surface area contributed by atoms with Crippen LogP contribution in [-0.2, 0) is 0 Å². The van der Waals surface area contributed by atoms with E-state index in [-0.39, 0.29) is 5.82 Å². The van der Waals surface area contributed by atoms with E-state index in [0.717, 1.165) is 60.9 Å². The molecule has 0 radical (unpaired) electrons. The molecule has 1 aliphatic rings. The summed E-state index contributed by atoms with van der Waals surface area (Å²) in [7, 11) is 2.16. The fraction of sp³-hybridized carbons (Fsp3) is 0.381. The molecule has 146 valence electrons. The van der Waals surface area contributed by atoms with Crippen LogP contribution in [0, 0.1) is 5.82 Å². The minimum atomic E-state index is -0.246. The van der Waals surface area contributed by atoms with Crippen molar-refractivity contribution < 1.29 is 4.39 Å². The smallest absolute Gasteiger partial charge is 0.161 e. The second kappa shape index (κ2) is 8.06. The zero-order chi connectivity index (χ0) is 19.5. The maximum Gasteiger partial charge on any atom is 0.161 e. The Labute approximate surface area is 164 Å². The van der Waals surface area contributed by atoms with Crippen molar-refractivity contribution in [3.8, 4) is 22.8 Å². The molecule has 0 unspecified atom stereocenters. The molecule has 0 saturated carbocycles. The number of rotatable bonds is 5. The molecule has 7 heteroatoms. The van der Waals surface area contributed by atoms with Gasteiger partial charge in [0.05, 0.1) is 17.6 Å². The Kier molecular flexibility index (Phi) is 5.34. The summed E-state index contributed by atoms with van der Waals surface area (Å²) >= 11 is 0. The van der Waals surface area contributed by atoms with Gasteiger partial charge >= 0.3 is 0 Å². The highest BCUT2D eigenvalue weighted by molar-refractivity contribution is 5.72. The van der Waals surface area contributed by atoms with Gasteiger partial charge in [0.1, 0.15) is 17.8 Å². The van der Waals surface area contributed by atoms with Gasteiger partial charge in [0, 0.05) is 24.3 Å². The van der Waals surface area contributed by atoms with Crippen LogP contribution in [0.5, 0.6) is 0 Å². The largest absolute Gasteiger partial charge is 0.382 e. The Morgan fingerprint density at radius 2 is 1.93 bits per heavy atom. The molecule has 1 saturated heterocycles. The van der Waals surface area contributed by atoms with Gasteiger partial charge in [-0.25, -0.2) is 19.3 Å². The third kappa shape index (κ3) is 3.75. The molecule has 1 fully saturated rings. The first-order chi connectivity index (χ1) is 13.7. The number of hydrogen-bond acceptors (Lipinski definition) is 5. The number of benzene rings is 1. The quantitative estimate of drug-likeness (QED) is 0.729. The van der Waals surface area contributed by atoms with Crippen molar-refractivity contribution in [2.24, 2.45) is 0 Å². The number of likely N-dealkylation sites (tertiary alicyclic amines) is 1. The van der Waals surface area contributed by atoms with Crippen molar-refractivity contribution in [3.05, 3.63) is 48.8 Å². The molecule has 3 heterocycles. The molecular formula is C21H25FN6. The van der Waals surface area contributed by atoms with E-state index in [9.17, 15) is 4.39 Å². The van der Waals surface area contributed by atoms with E-state index in [1.165, 1.54) is 12.1 Å². The Hall–Kier alpha value is -2.80. The lowest BCUT2D eigenvalue weighted by molar-refractivity contribution is 0.222. The molecule has 1 aliphatic heterocycles. The average Bonchev–Trinajstić information content (AvgIpc) is 3.15.